The topological polar surface area (TPSA) is 98.1 Å². The molecule has 1 aromatic heterocycles. The van der Waals surface area contributed by atoms with E-state index in [0.717, 1.165) is 36.4 Å². The van der Waals surface area contributed by atoms with E-state index in [9.17, 15) is 14.4 Å². The zero-order chi connectivity index (χ0) is 30.0. The monoisotopic (exact) mass is 578 g/mol. The van der Waals surface area contributed by atoms with Crippen molar-refractivity contribution in [1.82, 2.24) is 10.2 Å². The summed E-state index contributed by atoms with van der Waals surface area (Å²) < 4.78 is 17.7. The quantitative estimate of drug-likeness (QED) is 0.108. The summed E-state index contributed by atoms with van der Waals surface area (Å²) in [6, 6.07) is 5.68. The van der Waals surface area contributed by atoms with Crippen LogP contribution in [0.2, 0.25) is 0 Å². The lowest BCUT2D eigenvalue weighted by atomic mass is 10.0. The molecule has 0 spiro atoms. The second-order valence-electron chi connectivity index (χ2n) is 10.5. The Kier molecular flexibility index (Phi) is 22.2. The summed E-state index contributed by atoms with van der Waals surface area (Å²) in [5.74, 6) is -0.388. The molecule has 9 nitrogen and oxygen atoms in total. The van der Waals surface area contributed by atoms with Gasteiger partial charge in [0.05, 0.1) is 13.2 Å². The van der Waals surface area contributed by atoms with Crippen LogP contribution < -0.4 is 9.88 Å². The number of ether oxygens (including phenoxy) is 3. The third-order valence-corrected chi connectivity index (χ3v) is 6.88. The molecule has 1 rings (SSSR count). The number of nitrogens with zero attached hydrogens (tertiary/aromatic N) is 2. The van der Waals surface area contributed by atoms with Crippen molar-refractivity contribution in [3.63, 3.8) is 0 Å². The molecule has 234 valence electrons. The van der Waals surface area contributed by atoms with E-state index in [1.165, 1.54) is 77.6 Å². The molecule has 0 aliphatic carbocycles. The molecule has 1 N–H and O–H groups in total. The first-order chi connectivity index (χ1) is 20.0. The van der Waals surface area contributed by atoms with Gasteiger partial charge in [0.1, 0.15) is 26.3 Å². The molecule has 9 heteroatoms. The lowest BCUT2D eigenvalue weighted by Gasteiger charge is -2.18. The minimum atomic E-state index is -0.711. The van der Waals surface area contributed by atoms with Crippen LogP contribution in [0.4, 0.5) is 9.59 Å². The molecule has 0 unspecified atom stereocenters. The van der Waals surface area contributed by atoms with Crippen molar-refractivity contribution in [1.29, 1.82) is 0 Å². The first kappa shape index (κ1) is 36.3. The number of carbonyl (C=O) groups excluding carboxylic acids is 3. The van der Waals surface area contributed by atoms with Gasteiger partial charge in [0.25, 0.3) is 0 Å². The summed E-state index contributed by atoms with van der Waals surface area (Å²) in [6.45, 7) is 7.66. The fourth-order valence-electron chi connectivity index (χ4n) is 4.53. The Hall–Kier alpha value is -2.68. The molecule has 0 fully saturated rings. The Bertz CT molecular complexity index is 835. The summed E-state index contributed by atoms with van der Waals surface area (Å²) in [5.41, 5.74) is 0.849. The standard InChI is InChI=1S/C32H55N3O6/c1-4-6-7-8-9-10-11-12-13-14-15-16-18-21-33-31(37)40-26-24-39-25-27-41-32(38)35(29(3)36)28-30-20-17-19-23-34(30)22-5-2/h17,19-20,23H,4-16,18,21-22,24-28H2,1-3H3/p+1. The van der Waals surface area contributed by atoms with Crippen LogP contribution in [0.15, 0.2) is 24.4 Å². The molecule has 0 saturated carbocycles. The Morgan fingerprint density at radius 2 is 1.34 bits per heavy atom. The van der Waals surface area contributed by atoms with E-state index in [1.807, 2.05) is 29.0 Å². The zero-order valence-corrected chi connectivity index (χ0v) is 26.0. The number of aryl methyl sites for hydroxylation is 1. The zero-order valence-electron chi connectivity index (χ0n) is 26.0. The van der Waals surface area contributed by atoms with E-state index < -0.39 is 12.2 Å². The maximum atomic E-state index is 12.5. The van der Waals surface area contributed by atoms with Gasteiger partial charge >= 0.3 is 12.2 Å². The van der Waals surface area contributed by atoms with Gasteiger partial charge in [0.15, 0.2) is 6.20 Å². The van der Waals surface area contributed by atoms with Crippen LogP contribution in [-0.2, 0) is 32.1 Å². The molecule has 1 heterocycles. The van der Waals surface area contributed by atoms with E-state index >= 15 is 0 Å². The Balaban J connectivity index is 2.00. The average molecular weight is 579 g/mol. The molecule has 0 aliphatic heterocycles. The van der Waals surface area contributed by atoms with Crippen LogP contribution in [0.5, 0.6) is 0 Å². The maximum Gasteiger partial charge on any atom is 0.417 e. The van der Waals surface area contributed by atoms with Gasteiger partial charge < -0.3 is 19.5 Å². The molecule has 0 bridgehead atoms. The summed E-state index contributed by atoms with van der Waals surface area (Å²) in [6.07, 6.45) is 18.5. The van der Waals surface area contributed by atoms with Gasteiger partial charge in [-0.2, -0.15) is 0 Å². The minimum absolute atomic E-state index is 0.00237. The van der Waals surface area contributed by atoms with Crippen LogP contribution >= 0.6 is 0 Å². The lowest BCUT2D eigenvalue weighted by molar-refractivity contribution is -0.704. The number of hydrogen-bond acceptors (Lipinski definition) is 6. The highest BCUT2D eigenvalue weighted by Crippen LogP contribution is 2.12. The van der Waals surface area contributed by atoms with E-state index in [-0.39, 0.29) is 38.9 Å². The van der Waals surface area contributed by atoms with Gasteiger partial charge in [-0.25, -0.2) is 19.1 Å². The molecule has 1 aromatic rings. The number of carbonyl (C=O) groups is 3. The number of hydrogen-bond donors (Lipinski definition) is 1. The predicted octanol–water partition coefficient (Wildman–Crippen LogP) is 6.70. The van der Waals surface area contributed by atoms with Crippen molar-refractivity contribution < 1.29 is 33.2 Å². The molecule has 0 atom stereocenters. The maximum absolute atomic E-state index is 12.5. The van der Waals surface area contributed by atoms with Crippen molar-refractivity contribution in [2.45, 2.75) is 124 Å². The van der Waals surface area contributed by atoms with Crippen molar-refractivity contribution in [2.24, 2.45) is 0 Å². The molecular formula is C32H56N3O6+. The van der Waals surface area contributed by atoms with E-state index in [0.29, 0.717) is 6.54 Å². The summed E-state index contributed by atoms with van der Waals surface area (Å²) >= 11 is 0. The highest BCUT2D eigenvalue weighted by atomic mass is 16.6. The highest BCUT2D eigenvalue weighted by Gasteiger charge is 2.24. The molecular weight excluding hydrogens is 522 g/mol. The van der Waals surface area contributed by atoms with Crippen LogP contribution in [-0.4, -0.2) is 56.0 Å². The molecule has 0 aliphatic rings. The van der Waals surface area contributed by atoms with Crippen molar-refractivity contribution in [3.8, 4) is 0 Å². The van der Waals surface area contributed by atoms with Crippen LogP contribution in [0, 0.1) is 0 Å². The number of aromatic nitrogens is 1. The molecule has 41 heavy (non-hydrogen) atoms. The van der Waals surface area contributed by atoms with Crippen molar-refractivity contribution in [3.05, 3.63) is 30.1 Å². The predicted molar refractivity (Wildman–Crippen MR) is 160 cm³/mol. The Morgan fingerprint density at radius 3 is 1.93 bits per heavy atom. The summed E-state index contributed by atoms with van der Waals surface area (Å²) in [4.78, 5) is 37.4. The Labute approximate surface area is 248 Å². The fourth-order valence-corrected chi connectivity index (χ4v) is 4.53. The minimum Gasteiger partial charge on any atom is -0.447 e. The van der Waals surface area contributed by atoms with Crippen LogP contribution in [0.3, 0.4) is 0 Å². The van der Waals surface area contributed by atoms with Gasteiger partial charge in [-0.1, -0.05) is 97.0 Å². The average Bonchev–Trinajstić information content (AvgIpc) is 2.96. The number of nitrogens with one attached hydrogen (secondary N) is 1. The summed E-state index contributed by atoms with van der Waals surface area (Å²) in [7, 11) is 0. The third-order valence-electron chi connectivity index (χ3n) is 6.88. The van der Waals surface area contributed by atoms with E-state index in [1.54, 1.807) is 0 Å². The van der Waals surface area contributed by atoms with Crippen molar-refractivity contribution in [2.75, 3.05) is 33.0 Å². The largest absolute Gasteiger partial charge is 0.447 e. The third kappa shape index (κ3) is 19.1. The second-order valence-corrected chi connectivity index (χ2v) is 10.5. The number of alkyl carbamates (subject to hydrolysis) is 1. The fraction of sp³-hybridized carbons (Fsp3) is 0.750. The van der Waals surface area contributed by atoms with Gasteiger partial charge in [-0.05, 0) is 6.42 Å². The number of unbranched alkanes of at least 4 members (excludes halogenated alkanes) is 12. The molecule has 0 saturated heterocycles. The summed E-state index contributed by atoms with van der Waals surface area (Å²) in [5, 5.41) is 2.77. The Morgan fingerprint density at radius 1 is 0.756 bits per heavy atom. The van der Waals surface area contributed by atoms with Gasteiger partial charge in [0.2, 0.25) is 11.6 Å². The second kappa shape index (κ2) is 25.1. The number of rotatable bonds is 24. The normalized spacial score (nSPS) is 10.8. The van der Waals surface area contributed by atoms with Crippen LogP contribution in [0.25, 0.3) is 0 Å². The lowest BCUT2D eigenvalue weighted by Crippen LogP contribution is -2.43. The van der Waals surface area contributed by atoms with Gasteiger partial charge in [-0.15, -0.1) is 0 Å². The van der Waals surface area contributed by atoms with Crippen LogP contribution in [0.1, 0.15) is 116 Å². The SMILES string of the molecule is CCCCCCCCCCCCCCCNC(=O)OCCOCCOC(=O)N(Cc1cccc[n+]1CCC)C(C)=O. The molecule has 3 amide bonds. The van der Waals surface area contributed by atoms with Gasteiger partial charge in [0, 0.05) is 32.0 Å². The van der Waals surface area contributed by atoms with E-state index in [4.69, 9.17) is 14.2 Å². The molecule has 0 radical (unpaired) electrons. The number of amides is 3. The smallest absolute Gasteiger partial charge is 0.417 e. The highest BCUT2D eigenvalue weighted by molar-refractivity contribution is 5.90. The van der Waals surface area contributed by atoms with E-state index in [2.05, 4.69) is 19.2 Å². The number of imide groups is 1. The van der Waals surface area contributed by atoms with Gasteiger partial charge in [-0.3, -0.25) is 4.79 Å². The first-order valence-corrected chi connectivity index (χ1v) is 15.9. The van der Waals surface area contributed by atoms with Crippen molar-refractivity contribution >= 4 is 18.1 Å². The number of pyridine rings is 1. The molecule has 0 aromatic carbocycles. The first-order valence-electron chi connectivity index (χ1n) is 15.9.